The van der Waals surface area contributed by atoms with Gasteiger partial charge in [-0.25, -0.2) is 0 Å². The van der Waals surface area contributed by atoms with Crippen LogP contribution in [0.4, 0.5) is 18.9 Å². The third-order valence-corrected chi connectivity index (χ3v) is 3.14. The van der Waals surface area contributed by atoms with E-state index >= 15 is 0 Å². The summed E-state index contributed by atoms with van der Waals surface area (Å²) in [6.45, 7) is 3.93. The Morgan fingerprint density at radius 2 is 1.70 bits per heavy atom. The Hall–Kier alpha value is -1.82. The summed E-state index contributed by atoms with van der Waals surface area (Å²) < 4.78 is 38.4. The highest BCUT2D eigenvalue weighted by Gasteiger charge is 2.49. The molecule has 110 valence electrons. The monoisotopic (exact) mass is 286 g/mol. The molecule has 0 bridgehead atoms. The summed E-state index contributed by atoms with van der Waals surface area (Å²) in [7, 11) is 0. The van der Waals surface area contributed by atoms with Gasteiger partial charge in [0.15, 0.2) is 0 Å². The van der Waals surface area contributed by atoms with Crippen molar-refractivity contribution < 1.29 is 18.5 Å². The minimum atomic E-state index is -4.45. The summed E-state index contributed by atoms with van der Waals surface area (Å²) in [6, 6.07) is 7.32. The van der Waals surface area contributed by atoms with Crippen molar-refractivity contribution in [2.75, 3.05) is 0 Å². The molecule has 1 aromatic rings. The molecule has 0 aliphatic carbocycles. The lowest BCUT2D eigenvalue weighted by atomic mass is 9.88. The number of rotatable bonds is 3. The van der Waals surface area contributed by atoms with Crippen molar-refractivity contribution in [2.45, 2.75) is 26.9 Å². The number of quaternary nitrogens is 1. The van der Waals surface area contributed by atoms with E-state index in [2.05, 4.69) is 0 Å². The lowest BCUT2D eigenvalue weighted by molar-refractivity contribution is -0.443. The Labute approximate surface area is 116 Å². The van der Waals surface area contributed by atoms with Crippen LogP contribution in [0.15, 0.2) is 36.0 Å². The molecule has 0 aromatic heterocycles. The molecule has 5 N–H and O–H groups in total. The average molecular weight is 286 g/mol. The van der Waals surface area contributed by atoms with Gasteiger partial charge in [0.1, 0.15) is 11.1 Å². The fourth-order valence-electron chi connectivity index (χ4n) is 1.40. The summed E-state index contributed by atoms with van der Waals surface area (Å²) in [5, 5.41) is 9.19. The van der Waals surface area contributed by atoms with E-state index in [1.807, 2.05) is 19.1 Å². The molecule has 0 atom stereocenters. The molecule has 0 aliphatic rings. The van der Waals surface area contributed by atoms with Gasteiger partial charge in [0.25, 0.3) is 0 Å². The minimum Gasteiger partial charge on any atom is -0.401 e. The van der Waals surface area contributed by atoms with Crippen molar-refractivity contribution in [3.63, 3.8) is 0 Å². The molecule has 0 aliphatic heterocycles. The largest absolute Gasteiger partial charge is 0.401 e. The van der Waals surface area contributed by atoms with Crippen LogP contribution >= 0.6 is 0 Å². The fraction of sp³-hybridized carbons (Fsp3) is 0.357. The second-order valence-corrected chi connectivity index (χ2v) is 5.23. The molecule has 6 heteroatoms. The van der Waals surface area contributed by atoms with Gasteiger partial charge in [-0.05, 0) is 32.9 Å². The minimum absolute atomic E-state index is 0.0660. The van der Waals surface area contributed by atoms with Gasteiger partial charge in [-0.3, -0.25) is 10.7 Å². The summed E-state index contributed by atoms with van der Waals surface area (Å²) in [4.78, 5) is 0. The van der Waals surface area contributed by atoms with Crippen molar-refractivity contribution in [3.8, 4) is 0 Å². The first-order valence-electron chi connectivity index (χ1n) is 6.08. The van der Waals surface area contributed by atoms with Crippen LogP contribution in [0, 0.1) is 17.7 Å². The third-order valence-electron chi connectivity index (χ3n) is 3.14. The molecule has 0 spiro atoms. The van der Waals surface area contributed by atoms with Gasteiger partial charge >= 0.3 is 6.18 Å². The number of allylic oxidation sites excluding steroid dienone is 1. The van der Waals surface area contributed by atoms with Crippen LogP contribution in [0.5, 0.6) is 0 Å². The highest BCUT2D eigenvalue weighted by Crippen LogP contribution is 2.41. The highest BCUT2D eigenvalue weighted by atomic mass is 19.4. The van der Waals surface area contributed by atoms with Gasteiger partial charge in [0, 0.05) is 11.8 Å². The SMILES string of the molecule is Cc1ccc([NH2+]C(=N)C=C(N)C(C)(C)C(F)(F)F)cc1. The van der Waals surface area contributed by atoms with E-state index in [1.54, 1.807) is 12.1 Å². The highest BCUT2D eigenvalue weighted by molar-refractivity contribution is 5.83. The number of benzene rings is 1. The lowest BCUT2D eigenvalue weighted by Gasteiger charge is -2.27. The molecule has 0 saturated heterocycles. The molecule has 0 amide bonds. The Balaban J connectivity index is 2.83. The average Bonchev–Trinajstić information content (AvgIpc) is 2.30. The van der Waals surface area contributed by atoms with Crippen molar-refractivity contribution >= 4 is 11.5 Å². The molecule has 0 saturated carbocycles. The van der Waals surface area contributed by atoms with E-state index in [0.717, 1.165) is 31.2 Å². The number of nitrogens with two attached hydrogens (primary N) is 2. The molecular weight excluding hydrogens is 267 g/mol. The number of aryl methyl sites for hydroxylation is 1. The second-order valence-electron chi connectivity index (χ2n) is 5.23. The van der Waals surface area contributed by atoms with Crippen LogP contribution in [0.2, 0.25) is 0 Å². The molecule has 20 heavy (non-hydrogen) atoms. The number of halogens is 3. The molecule has 0 fully saturated rings. The number of hydrogen-bond donors (Lipinski definition) is 3. The summed E-state index contributed by atoms with van der Waals surface area (Å²) >= 11 is 0. The standard InChI is InChI=1S/C14H18F3N3/c1-9-4-6-10(7-5-9)20-12(19)8-11(18)13(2,3)14(15,16)17/h4-8H,18H2,1-3H3,(H2,19,20)/p+1. The Kier molecular flexibility index (Phi) is 4.60. The molecule has 3 nitrogen and oxygen atoms in total. The number of amidine groups is 1. The molecule has 0 unspecified atom stereocenters. The maximum Gasteiger partial charge on any atom is 0.399 e. The lowest BCUT2D eigenvalue weighted by Crippen LogP contribution is -2.81. The van der Waals surface area contributed by atoms with Crippen molar-refractivity contribution in [3.05, 3.63) is 41.6 Å². The van der Waals surface area contributed by atoms with Gasteiger partial charge in [0.05, 0.1) is 0 Å². The smallest absolute Gasteiger partial charge is 0.399 e. The summed E-state index contributed by atoms with van der Waals surface area (Å²) in [5.41, 5.74) is 4.78. The summed E-state index contributed by atoms with van der Waals surface area (Å²) in [6.07, 6.45) is -3.40. The van der Waals surface area contributed by atoms with Gasteiger partial charge in [-0.1, -0.05) is 17.7 Å². The Morgan fingerprint density at radius 3 is 2.15 bits per heavy atom. The van der Waals surface area contributed by atoms with Gasteiger partial charge in [0.2, 0.25) is 5.84 Å². The van der Waals surface area contributed by atoms with Crippen LogP contribution in [-0.2, 0) is 0 Å². The topological polar surface area (TPSA) is 66.5 Å². The molecular formula is C14H19F3N3+. The van der Waals surface area contributed by atoms with Gasteiger partial charge < -0.3 is 5.73 Å². The third kappa shape index (κ3) is 3.84. The van der Waals surface area contributed by atoms with E-state index in [4.69, 9.17) is 11.1 Å². The van der Waals surface area contributed by atoms with E-state index < -0.39 is 11.6 Å². The first-order valence-corrected chi connectivity index (χ1v) is 6.08. The van der Waals surface area contributed by atoms with Crippen molar-refractivity contribution in [2.24, 2.45) is 11.1 Å². The zero-order chi connectivity index (χ0) is 15.6. The van der Waals surface area contributed by atoms with Crippen LogP contribution in [-0.4, -0.2) is 12.0 Å². The van der Waals surface area contributed by atoms with Gasteiger partial charge in [-0.2, -0.15) is 13.2 Å². The van der Waals surface area contributed by atoms with E-state index in [0.29, 0.717) is 0 Å². The number of hydrogen-bond acceptors (Lipinski definition) is 2. The quantitative estimate of drug-likeness (QED) is 0.446. The summed E-state index contributed by atoms with van der Waals surface area (Å²) in [5.74, 6) is -0.0660. The second kappa shape index (κ2) is 5.66. The fourth-order valence-corrected chi connectivity index (χ4v) is 1.40. The van der Waals surface area contributed by atoms with Crippen LogP contribution in [0.25, 0.3) is 0 Å². The zero-order valence-electron chi connectivity index (χ0n) is 11.7. The van der Waals surface area contributed by atoms with Crippen molar-refractivity contribution in [1.82, 2.24) is 0 Å². The Bertz CT molecular complexity index is 513. The first-order chi connectivity index (χ1) is 9.04. The Morgan fingerprint density at radius 1 is 1.20 bits per heavy atom. The first kappa shape index (κ1) is 16.2. The maximum atomic E-state index is 12.8. The van der Waals surface area contributed by atoms with Crippen LogP contribution in [0.1, 0.15) is 19.4 Å². The molecule has 0 radical (unpaired) electrons. The van der Waals surface area contributed by atoms with E-state index in [9.17, 15) is 13.2 Å². The van der Waals surface area contributed by atoms with E-state index in [-0.39, 0.29) is 11.5 Å². The number of alkyl halides is 3. The zero-order valence-corrected chi connectivity index (χ0v) is 11.7. The molecule has 0 heterocycles. The van der Waals surface area contributed by atoms with Crippen LogP contribution in [0.3, 0.4) is 0 Å². The predicted octanol–water partition coefficient (Wildman–Crippen LogP) is 2.60. The maximum absolute atomic E-state index is 12.8. The normalized spacial score (nSPS) is 13.4. The van der Waals surface area contributed by atoms with Gasteiger partial charge in [-0.15, -0.1) is 0 Å². The van der Waals surface area contributed by atoms with Crippen LogP contribution < -0.4 is 11.1 Å². The van der Waals surface area contributed by atoms with Crippen molar-refractivity contribution in [1.29, 1.82) is 5.41 Å². The predicted molar refractivity (Wildman–Crippen MR) is 72.6 cm³/mol. The molecule has 1 rings (SSSR count). The van der Waals surface area contributed by atoms with E-state index in [1.165, 1.54) is 5.32 Å². The number of nitrogens with one attached hydrogen (secondary N) is 1. The molecule has 1 aromatic carbocycles.